The first kappa shape index (κ1) is 19.8. The van der Waals surface area contributed by atoms with Gasteiger partial charge in [0.1, 0.15) is 12.2 Å². The third-order valence-electron chi connectivity index (χ3n) is 5.00. The number of amides is 1. The normalized spacial score (nSPS) is 16.0. The number of anilines is 1. The topological polar surface area (TPSA) is 96.0 Å². The molecule has 1 aliphatic rings. The molecule has 4 rings (SSSR count). The van der Waals surface area contributed by atoms with E-state index in [1.807, 2.05) is 0 Å². The van der Waals surface area contributed by atoms with Crippen LogP contribution in [-0.4, -0.2) is 56.5 Å². The van der Waals surface area contributed by atoms with Crippen LogP contribution in [0.15, 0.2) is 43.2 Å². The third kappa shape index (κ3) is 4.40. The molecule has 1 unspecified atom stereocenters. The van der Waals surface area contributed by atoms with Gasteiger partial charge in [0, 0.05) is 25.6 Å². The van der Waals surface area contributed by atoms with E-state index in [1.54, 1.807) is 23.1 Å². The van der Waals surface area contributed by atoms with Crippen LogP contribution in [0.25, 0.3) is 11.2 Å². The molecule has 1 amide bonds. The van der Waals surface area contributed by atoms with Crippen molar-refractivity contribution in [3.8, 4) is 5.75 Å². The number of halogens is 1. The largest absolute Gasteiger partial charge is 0.491 e. The minimum atomic E-state index is -0.368. The molecule has 156 valence electrons. The van der Waals surface area contributed by atoms with Crippen molar-refractivity contribution in [1.82, 2.24) is 24.8 Å². The summed E-state index contributed by atoms with van der Waals surface area (Å²) in [5.74, 6) is 1.22. The number of fused-ring (bicyclic) bond motifs is 1. The van der Waals surface area contributed by atoms with E-state index in [0.29, 0.717) is 49.5 Å². The molecular weight excluding hydrogens is 387 g/mol. The first-order valence-electron chi connectivity index (χ1n) is 9.89. The maximum absolute atomic E-state index is 13.6. The molecule has 0 radical (unpaired) electrons. The molecule has 3 heterocycles. The van der Waals surface area contributed by atoms with Gasteiger partial charge >= 0.3 is 0 Å². The number of aryl methyl sites for hydroxylation is 1. The summed E-state index contributed by atoms with van der Waals surface area (Å²) in [4.78, 5) is 29.9. The molecule has 8 nitrogen and oxygen atoms in total. The number of carbonyl (C=O) groups excluding carboxylic acids is 1. The lowest BCUT2D eigenvalue weighted by molar-refractivity contribution is -0.125. The Hall–Kier alpha value is -3.49. The molecule has 0 aliphatic carbocycles. The molecule has 3 aromatic rings. The zero-order chi connectivity index (χ0) is 20.9. The average molecular weight is 410 g/mol. The van der Waals surface area contributed by atoms with Crippen molar-refractivity contribution in [1.29, 1.82) is 0 Å². The molecule has 2 N–H and O–H groups in total. The number of aromatic amines is 1. The Morgan fingerprint density at radius 2 is 2.27 bits per heavy atom. The lowest BCUT2D eigenvalue weighted by atomic mass is 10.2. The Balaban J connectivity index is 1.36. The second kappa shape index (κ2) is 8.89. The average Bonchev–Trinajstić information content (AvgIpc) is 3.39. The van der Waals surface area contributed by atoms with Crippen molar-refractivity contribution < 1.29 is 13.9 Å². The first-order chi connectivity index (χ1) is 14.6. The smallest absolute Gasteiger partial charge is 0.246 e. The van der Waals surface area contributed by atoms with E-state index in [0.717, 1.165) is 12.2 Å². The lowest BCUT2D eigenvalue weighted by Gasteiger charge is -2.15. The fourth-order valence-electron chi connectivity index (χ4n) is 3.48. The van der Waals surface area contributed by atoms with E-state index in [2.05, 4.69) is 31.8 Å². The number of rotatable bonds is 8. The SMILES string of the molecule is C=CC(=O)N1CCC(Nc2ncnc3[nH]c(CCCOc4ccccc4F)nc23)C1. The third-order valence-corrected chi connectivity index (χ3v) is 5.00. The van der Waals surface area contributed by atoms with Gasteiger partial charge in [0.2, 0.25) is 5.91 Å². The number of para-hydroxylation sites is 1. The standard InChI is InChI=1S/C21H23FN6O2/c1-2-18(29)28-10-9-14(12-28)25-20-19-21(24-13-23-20)27-17(26-19)8-5-11-30-16-7-4-3-6-15(16)22/h2-4,6-7,13-14H,1,5,8-12H2,(H2,23,24,25,26,27). The molecule has 0 saturated carbocycles. The van der Waals surface area contributed by atoms with Crippen molar-refractivity contribution >= 4 is 22.9 Å². The zero-order valence-corrected chi connectivity index (χ0v) is 16.5. The predicted octanol–water partition coefficient (Wildman–Crippen LogP) is 2.70. The van der Waals surface area contributed by atoms with Gasteiger partial charge in [0.05, 0.1) is 6.61 Å². The minimum absolute atomic E-state index is 0.0632. The summed E-state index contributed by atoms with van der Waals surface area (Å²) < 4.78 is 19.1. The van der Waals surface area contributed by atoms with E-state index in [9.17, 15) is 9.18 Å². The number of hydrogen-bond donors (Lipinski definition) is 2. The number of aromatic nitrogens is 4. The first-order valence-corrected chi connectivity index (χ1v) is 9.89. The number of H-pyrrole nitrogens is 1. The molecule has 1 saturated heterocycles. The van der Waals surface area contributed by atoms with Gasteiger partial charge in [0.25, 0.3) is 0 Å². The summed E-state index contributed by atoms with van der Waals surface area (Å²) in [6, 6.07) is 6.45. The summed E-state index contributed by atoms with van der Waals surface area (Å²) >= 11 is 0. The Morgan fingerprint density at radius 3 is 3.10 bits per heavy atom. The van der Waals surface area contributed by atoms with Gasteiger partial charge in [-0.3, -0.25) is 4.79 Å². The molecule has 2 aromatic heterocycles. The number of likely N-dealkylation sites (tertiary alicyclic amines) is 1. The van der Waals surface area contributed by atoms with Crippen LogP contribution in [0.2, 0.25) is 0 Å². The predicted molar refractivity (Wildman–Crippen MR) is 111 cm³/mol. The van der Waals surface area contributed by atoms with Gasteiger partial charge in [-0.2, -0.15) is 0 Å². The Bertz CT molecular complexity index is 1050. The van der Waals surface area contributed by atoms with Gasteiger partial charge in [-0.1, -0.05) is 18.7 Å². The molecule has 0 spiro atoms. The number of benzene rings is 1. The summed E-state index contributed by atoms with van der Waals surface area (Å²) in [6.07, 6.45) is 4.95. The molecular formula is C21H23FN6O2. The summed E-state index contributed by atoms with van der Waals surface area (Å²) in [5, 5.41) is 3.37. The van der Waals surface area contributed by atoms with Crippen LogP contribution in [0.3, 0.4) is 0 Å². The highest BCUT2D eigenvalue weighted by Gasteiger charge is 2.25. The second-order valence-corrected chi connectivity index (χ2v) is 7.10. The minimum Gasteiger partial charge on any atom is -0.491 e. The van der Waals surface area contributed by atoms with Crippen molar-refractivity contribution in [3.05, 3.63) is 54.9 Å². The summed E-state index contributed by atoms with van der Waals surface area (Å²) in [5.41, 5.74) is 1.31. The van der Waals surface area contributed by atoms with Crippen LogP contribution in [0, 0.1) is 5.82 Å². The maximum atomic E-state index is 13.6. The van der Waals surface area contributed by atoms with Crippen LogP contribution in [-0.2, 0) is 11.2 Å². The van der Waals surface area contributed by atoms with Crippen molar-refractivity contribution in [2.75, 3.05) is 25.0 Å². The van der Waals surface area contributed by atoms with E-state index in [1.165, 1.54) is 18.5 Å². The Kier molecular flexibility index (Phi) is 5.87. The van der Waals surface area contributed by atoms with E-state index in [4.69, 9.17) is 4.74 Å². The molecule has 1 fully saturated rings. The number of imidazole rings is 1. The van der Waals surface area contributed by atoms with Gasteiger partial charge in [0.15, 0.2) is 28.5 Å². The van der Waals surface area contributed by atoms with Gasteiger partial charge < -0.3 is 19.9 Å². The van der Waals surface area contributed by atoms with Crippen LogP contribution in [0.4, 0.5) is 10.2 Å². The second-order valence-electron chi connectivity index (χ2n) is 7.10. The quantitative estimate of drug-likeness (QED) is 0.438. The Morgan fingerprint density at radius 1 is 1.40 bits per heavy atom. The van der Waals surface area contributed by atoms with Crippen LogP contribution >= 0.6 is 0 Å². The summed E-state index contributed by atoms with van der Waals surface area (Å²) in [7, 11) is 0. The highest BCUT2D eigenvalue weighted by Crippen LogP contribution is 2.21. The van der Waals surface area contributed by atoms with E-state index < -0.39 is 0 Å². The van der Waals surface area contributed by atoms with Gasteiger partial charge in [-0.25, -0.2) is 19.3 Å². The van der Waals surface area contributed by atoms with Crippen LogP contribution < -0.4 is 10.1 Å². The summed E-state index contributed by atoms with van der Waals surface area (Å²) in [6.45, 7) is 5.20. The van der Waals surface area contributed by atoms with Crippen molar-refractivity contribution in [2.45, 2.75) is 25.3 Å². The maximum Gasteiger partial charge on any atom is 0.246 e. The van der Waals surface area contributed by atoms with Crippen molar-refractivity contribution in [3.63, 3.8) is 0 Å². The Labute approximate surface area is 173 Å². The molecule has 9 heteroatoms. The van der Waals surface area contributed by atoms with Crippen molar-refractivity contribution in [2.24, 2.45) is 0 Å². The monoisotopic (exact) mass is 410 g/mol. The number of hydrogen-bond acceptors (Lipinski definition) is 6. The fraction of sp³-hybridized carbons (Fsp3) is 0.333. The van der Waals surface area contributed by atoms with Gasteiger partial charge in [-0.15, -0.1) is 0 Å². The van der Waals surface area contributed by atoms with Crippen LogP contribution in [0.1, 0.15) is 18.7 Å². The molecule has 30 heavy (non-hydrogen) atoms. The van der Waals surface area contributed by atoms with E-state index >= 15 is 0 Å². The molecule has 1 aromatic carbocycles. The highest BCUT2D eigenvalue weighted by atomic mass is 19.1. The van der Waals surface area contributed by atoms with Gasteiger partial charge in [-0.05, 0) is 31.1 Å². The number of nitrogens with one attached hydrogen (secondary N) is 2. The fourth-order valence-corrected chi connectivity index (χ4v) is 3.48. The van der Waals surface area contributed by atoms with Crippen LogP contribution in [0.5, 0.6) is 5.75 Å². The molecule has 1 aliphatic heterocycles. The lowest BCUT2D eigenvalue weighted by Crippen LogP contribution is -2.30. The molecule has 0 bridgehead atoms. The zero-order valence-electron chi connectivity index (χ0n) is 16.5. The highest BCUT2D eigenvalue weighted by molar-refractivity contribution is 5.87. The molecule has 1 atom stereocenters. The number of nitrogens with zero attached hydrogens (tertiary/aromatic N) is 4. The number of ether oxygens (including phenoxy) is 1. The van der Waals surface area contributed by atoms with E-state index in [-0.39, 0.29) is 23.5 Å². The number of carbonyl (C=O) groups is 1.